The number of carbonyl (C=O) groups excluding carboxylic acids is 1. The van der Waals surface area contributed by atoms with Gasteiger partial charge in [0.2, 0.25) is 0 Å². The summed E-state index contributed by atoms with van der Waals surface area (Å²) in [7, 11) is 1.43. The lowest BCUT2D eigenvalue weighted by molar-refractivity contribution is -0.140. The zero-order valence-corrected chi connectivity index (χ0v) is 11.8. The first-order valence-corrected chi connectivity index (χ1v) is 7.06. The van der Waals surface area contributed by atoms with Gasteiger partial charge in [-0.25, -0.2) is 4.98 Å². The molecule has 0 radical (unpaired) electrons. The van der Waals surface area contributed by atoms with Gasteiger partial charge in [-0.2, -0.15) is 0 Å². The van der Waals surface area contributed by atoms with E-state index < -0.39 is 0 Å². The number of imidazole rings is 1. The van der Waals surface area contributed by atoms with E-state index in [0.717, 1.165) is 29.9 Å². The summed E-state index contributed by atoms with van der Waals surface area (Å²) in [6.45, 7) is 4.23. The standard InChI is InChI=1S/C13H18N2O2S/c1-4-11-9(2)15-10(8-18-13(15)14-11)6-5-7-12(16)17-3/h8H,4-7H2,1-3H3. The number of thiazole rings is 1. The largest absolute Gasteiger partial charge is 0.469 e. The molecule has 0 N–H and O–H groups in total. The molecular weight excluding hydrogens is 248 g/mol. The average Bonchev–Trinajstić information content (AvgIpc) is 2.90. The van der Waals surface area contributed by atoms with E-state index in [4.69, 9.17) is 0 Å². The predicted molar refractivity (Wildman–Crippen MR) is 72.1 cm³/mol. The van der Waals surface area contributed by atoms with Gasteiger partial charge in [0, 0.05) is 23.2 Å². The smallest absolute Gasteiger partial charge is 0.305 e. The summed E-state index contributed by atoms with van der Waals surface area (Å²) in [5.74, 6) is -0.141. The van der Waals surface area contributed by atoms with Crippen molar-refractivity contribution in [1.29, 1.82) is 0 Å². The number of carbonyl (C=O) groups is 1. The molecule has 0 aliphatic carbocycles. The fraction of sp³-hybridized carbons (Fsp3) is 0.538. The fourth-order valence-corrected chi connectivity index (χ4v) is 3.12. The molecule has 0 saturated carbocycles. The highest BCUT2D eigenvalue weighted by Crippen LogP contribution is 2.22. The highest BCUT2D eigenvalue weighted by Gasteiger charge is 2.12. The first-order chi connectivity index (χ1) is 8.67. The van der Waals surface area contributed by atoms with Gasteiger partial charge in [0.1, 0.15) is 0 Å². The molecule has 2 heterocycles. The van der Waals surface area contributed by atoms with E-state index in [-0.39, 0.29) is 5.97 Å². The van der Waals surface area contributed by atoms with Gasteiger partial charge in [-0.3, -0.25) is 9.20 Å². The molecule has 0 fully saturated rings. The van der Waals surface area contributed by atoms with E-state index in [9.17, 15) is 4.79 Å². The van der Waals surface area contributed by atoms with Crippen molar-refractivity contribution in [3.8, 4) is 0 Å². The van der Waals surface area contributed by atoms with Gasteiger partial charge in [-0.05, 0) is 26.2 Å². The van der Waals surface area contributed by atoms with Crippen molar-refractivity contribution in [3.63, 3.8) is 0 Å². The minimum Gasteiger partial charge on any atom is -0.469 e. The Labute approximate surface area is 111 Å². The third-order valence-corrected chi connectivity index (χ3v) is 4.01. The molecular formula is C13H18N2O2S. The number of hydrogen-bond donors (Lipinski definition) is 0. The van der Waals surface area contributed by atoms with E-state index in [0.29, 0.717) is 6.42 Å². The monoisotopic (exact) mass is 266 g/mol. The highest BCUT2D eigenvalue weighted by atomic mass is 32.1. The molecule has 4 nitrogen and oxygen atoms in total. The number of nitrogens with zero attached hydrogens (tertiary/aromatic N) is 2. The van der Waals surface area contributed by atoms with E-state index in [1.165, 1.54) is 18.5 Å². The number of ether oxygens (including phenoxy) is 1. The lowest BCUT2D eigenvalue weighted by Crippen LogP contribution is -2.02. The minimum absolute atomic E-state index is 0.141. The molecule has 0 amide bonds. The maximum Gasteiger partial charge on any atom is 0.305 e. The van der Waals surface area contributed by atoms with Crippen LogP contribution in [0.4, 0.5) is 0 Å². The van der Waals surface area contributed by atoms with Crippen LogP contribution in [0.15, 0.2) is 5.38 Å². The van der Waals surface area contributed by atoms with Crippen molar-refractivity contribution < 1.29 is 9.53 Å². The van der Waals surface area contributed by atoms with Crippen LogP contribution in [0, 0.1) is 6.92 Å². The summed E-state index contributed by atoms with van der Waals surface area (Å²) in [6.07, 6.45) is 3.14. The molecule has 0 spiro atoms. The van der Waals surface area contributed by atoms with Crippen molar-refractivity contribution in [2.75, 3.05) is 7.11 Å². The normalized spacial score (nSPS) is 11.1. The van der Waals surface area contributed by atoms with Crippen LogP contribution in [0.25, 0.3) is 4.96 Å². The molecule has 18 heavy (non-hydrogen) atoms. The molecule has 0 aliphatic rings. The molecule has 2 aromatic rings. The third kappa shape index (κ3) is 2.41. The maximum absolute atomic E-state index is 11.1. The quantitative estimate of drug-likeness (QED) is 0.782. The van der Waals surface area contributed by atoms with Gasteiger partial charge < -0.3 is 4.74 Å². The number of aryl methyl sites for hydroxylation is 3. The molecule has 5 heteroatoms. The van der Waals surface area contributed by atoms with Gasteiger partial charge in [-0.1, -0.05) is 6.92 Å². The van der Waals surface area contributed by atoms with Crippen molar-refractivity contribution in [2.24, 2.45) is 0 Å². The highest BCUT2D eigenvalue weighted by molar-refractivity contribution is 7.15. The number of aromatic nitrogens is 2. The SMILES string of the molecule is CCc1nc2scc(CCCC(=O)OC)n2c1C. The lowest BCUT2D eigenvalue weighted by atomic mass is 10.2. The zero-order chi connectivity index (χ0) is 13.1. The van der Waals surface area contributed by atoms with Crippen LogP contribution in [-0.2, 0) is 22.4 Å². The van der Waals surface area contributed by atoms with Crippen molar-refractivity contribution in [3.05, 3.63) is 22.5 Å². The number of methoxy groups -OCH3 is 1. The van der Waals surface area contributed by atoms with Gasteiger partial charge in [0.25, 0.3) is 0 Å². The minimum atomic E-state index is -0.141. The van der Waals surface area contributed by atoms with Gasteiger partial charge in [0.05, 0.1) is 12.8 Å². The van der Waals surface area contributed by atoms with Crippen molar-refractivity contribution in [2.45, 2.75) is 39.5 Å². The van der Waals surface area contributed by atoms with E-state index in [1.807, 2.05) is 0 Å². The van der Waals surface area contributed by atoms with Crippen molar-refractivity contribution in [1.82, 2.24) is 9.38 Å². The van der Waals surface area contributed by atoms with Crippen LogP contribution in [-0.4, -0.2) is 22.5 Å². The topological polar surface area (TPSA) is 43.6 Å². The Bertz CT molecular complexity index is 557. The second-order valence-corrected chi connectivity index (χ2v) is 5.11. The Hall–Kier alpha value is -1.36. The molecule has 0 aliphatic heterocycles. The second kappa shape index (κ2) is 5.52. The van der Waals surface area contributed by atoms with Crippen LogP contribution in [0.1, 0.15) is 36.8 Å². The summed E-state index contributed by atoms with van der Waals surface area (Å²) in [5, 5.41) is 2.13. The first kappa shape index (κ1) is 13.1. The number of esters is 1. The van der Waals surface area contributed by atoms with Gasteiger partial charge in [0.15, 0.2) is 4.96 Å². The maximum atomic E-state index is 11.1. The van der Waals surface area contributed by atoms with Crippen LogP contribution >= 0.6 is 11.3 Å². The Kier molecular flexibility index (Phi) is 4.01. The zero-order valence-electron chi connectivity index (χ0n) is 11.0. The Morgan fingerprint density at radius 3 is 3.00 bits per heavy atom. The average molecular weight is 266 g/mol. The summed E-state index contributed by atoms with van der Waals surface area (Å²) >= 11 is 1.66. The fourth-order valence-electron chi connectivity index (χ4n) is 2.13. The van der Waals surface area contributed by atoms with Crippen LogP contribution in [0.5, 0.6) is 0 Å². The predicted octanol–water partition coefficient (Wildman–Crippen LogP) is 2.76. The first-order valence-electron chi connectivity index (χ1n) is 6.18. The number of fused-ring (bicyclic) bond motifs is 1. The third-order valence-electron chi connectivity index (χ3n) is 3.14. The molecule has 0 bridgehead atoms. The Morgan fingerprint density at radius 1 is 1.56 bits per heavy atom. The number of rotatable bonds is 5. The summed E-state index contributed by atoms with van der Waals surface area (Å²) in [6, 6.07) is 0. The molecule has 2 rings (SSSR count). The summed E-state index contributed by atoms with van der Waals surface area (Å²) in [4.78, 5) is 16.7. The molecule has 0 atom stereocenters. The second-order valence-electron chi connectivity index (χ2n) is 4.27. The molecule has 0 saturated heterocycles. The number of hydrogen-bond acceptors (Lipinski definition) is 4. The molecule has 98 valence electrons. The van der Waals surface area contributed by atoms with Gasteiger partial charge in [-0.15, -0.1) is 11.3 Å². The lowest BCUT2D eigenvalue weighted by Gasteiger charge is -2.02. The van der Waals surface area contributed by atoms with E-state index in [1.54, 1.807) is 11.3 Å². The van der Waals surface area contributed by atoms with Crippen LogP contribution in [0.2, 0.25) is 0 Å². The van der Waals surface area contributed by atoms with Gasteiger partial charge >= 0.3 is 5.97 Å². The summed E-state index contributed by atoms with van der Waals surface area (Å²) < 4.78 is 6.86. The van der Waals surface area contributed by atoms with Crippen LogP contribution in [0.3, 0.4) is 0 Å². The van der Waals surface area contributed by atoms with Crippen LogP contribution < -0.4 is 0 Å². The Balaban J connectivity index is 2.13. The molecule has 2 aromatic heterocycles. The summed E-state index contributed by atoms with van der Waals surface area (Å²) in [5.41, 5.74) is 3.63. The molecule has 0 unspecified atom stereocenters. The van der Waals surface area contributed by atoms with E-state index >= 15 is 0 Å². The van der Waals surface area contributed by atoms with E-state index in [2.05, 4.69) is 33.3 Å². The molecule has 0 aromatic carbocycles. The van der Waals surface area contributed by atoms with Crippen molar-refractivity contribution >= 4 is 22.3 Å². The Morgan fingerprint density at radius 2 is 2.33 bits per heavy atom.